The van der Waals surface area contributed by atoms with Crippen LogP contribution in [-0.2, 0) is 34.1 Å². The summed E-state index contributed by atoms with van der Waals surface area (Å²) >= 11 is 1.60. The molecule has 0 aliphatic heterocycles. The summed E-state index contributed by atoms with van der Waals surface area (Å²) in [5.74, 6) is -0.243. The van der Waals surface area contributed by atoms with Crippen LogP contribution in [0, 0.1) is 6.92 Å². The second kappa shape index (κ2) is 9.89. The zero-order chi connectivity index (χ0) is 20.7. The Hall–Kier alpha value is -2.38. The summed E-state index contributed by atoms with van der Waals surface area (Å²) in [6.07, 6.45) is 2.73. The Kier molecular flexibility index (Phi) is 7.28. The number of hydrogen-bond donors (Lipinski definition) is 0. The average molecular weight is 432 g/mol. The van der Waals surface area contributed by atoms with Crippen LogP contribution in [0.5, 0.6) is 0 Å². The SMILES string of the molecule is Cc1ccc(CN(Cc2ccco2)C(=O)CS(=O)(=O)CCCc2ccccc2)s1. The van der Waals surface area contributed by atoms with Gasteiger partial charge in [-0.05, 0) is 49.6 Å². The van der Waals surface area contributed by atoms with E-state index in [4.69, 9.17) is 4.42 Å². The van der Waals surface area contributed by atoms with Crippen molar-refractivity contribution in [3.8, 4) is 0 Å². The number of benzene rings is 1. The van der Waals surface area contributed by atoms with Gasteiger partial charge in [0.05, 0.1) is 25.1 Å². The number of carbonyl (C=O) groups is 1. The third-order valence-electron chi connectivity index (χ3n) is 4.53. The summed E-state index contributed by atoms with van der Waals surface area (Å²) in [4.78, 5) is 16.6. The maximum Gasteiger partial charge on any atom is 0.238 e. The lowest BCUT2D eigenvalue weighted by Crippen LogP contribution is -2.35. The summed E-state index contributed by atoms with van der Waals surface area (Å²) in [7, 11) is -3.48. The van der Waals surface area contributed by atoms with E-state index < -0.39 is 21.5 Å². The van der Waals surface area contributed by atoms with Crippen LogP contribution in [0.3, 0.4) is 0 Å². The number of aryl methyl sites for hydroxylation is 2. The number of furan rings is 1. The van der Waals surface area contributed by atoms with E-state index in [1.807, 2.05) is 49.4 Å². The van der Waals surface area contributed by atoms with Crippen molar-refractivity contribution in [1.82, 2.24) is 4.90 Å². The van der Waals surface area contributed by atoms with E-state index in [0.717, 1.165) is 15.3 Å². The molecule has 0 saturated heterocycles. The van der Waals surface area contributed by atoms with Crippen LogP contribution in [0.1, 0.15) is 27.5 Å². The second-order valence-electron chi connectivity index (χ2n) is 7.02. The highest BCUT2D eigenvalue weighted by Gasteiger charge is 2.23. The molecule has 7 heteroatoms. The molecule has 3 rings (SSSR count). The molecule has 0 spiro atoms. The molecule has 1 amide bonds. The van der Waals surface area contributed by atoms with Gasteiger partial charge in [0.25, 0.3) is 0 Å². The zero-order valence-corrected chi connectivity index (χ0v) is 18.0. The first-order valence-corrected chi connectivity index (χ1v) is 12.1. The van der Waals surface area contributed by atoms with Crippen LogP contribution >= 0.6 is 11.3 Å². The molecule has 5 nitrogen and oxygen atoms in total. The summed E-state index contributed by atoms with van der Waals surface area (Å²) in [6.45, 7) is 2.63. The van der Waals surface area contributed by atoms with Gasteiger partial charge in [0.2, 0.25) is 5.91 Å². The lowest BCUT2D eigenvalue weighted by atomic mass is 10.1. The summed E-state index contributed by atoms with van der Waals surface area (Å²) in [5, 5.41) is 0. The first-order chi connectivity index (χ1) is 13.9. The maximum absolute atomic E-state index is 12.8. The van der Waals surface area contributed by atoms with Crippen molar-refractivity contribution in [2.24, 2.45) is 0 Å². The molecule has 2 heterocycles. The number of amides is 1. The van der Waals surface area contributed by atoms with Crippen LogP contribution in [0.4, 0.5) is 0 Å². The van der Waals surface area contributed by atoms with E-state index in [0.29, 0.717) is 25.1 Å². The van der Waals surface area contributed by atoms with E-state index in [2.05, 4.69) is 0 Å². The molecule has 0 radical (unpaired) electrons. The highest BCUT2D eigenvalue weighted by molar-refractivity contribution is 7.92. The minimum absolute atomic E-state index is 0.000334. The highest BCUT2D eigenvalue weighted by atomic mass is 32.2. The van der Waals surface area contributed by atoms with Gasteiger partial charge in [0.15, 0.2) is 9.84 Å². The first-order valence-electron chi connectivity index (χ1n) is 9.51. The maximum atomic E-state index is 12.8. The van der Waals surface area contributed by atoms with E-state index in [1.165, 1.54) is 0 Å². The Morgan fingerprint density at radius 2 is 1.83 bits per heavy atom. The molecule has 0 bridgehead atoms. The number of hydrogen-bond acceptors (Lipinski definition) is 5. The molecule has 0 N–H and O–H groups in total. The second-order valence-corrected chi connectivity index (χ2v) is 10.6. The van der Waals surface area contributed by atoms with Gasteiger partial charge in [0.1, 0.15) is 11.5 Å². The van der Waals surface area contributed by atoms with Crippen LogP contribution < -0.4 is 0 Å². The first kappa shape index (κ1) is 21.3. The van der Waals surface area contributed by atoms with Crippen LogP contribution in [0.25, 0.3) is 0 Å². The topological polar surface area (TPSA) is 67.6 Å². The minimum atomic E-state index is -3.48. The van der Waals surface area contributed by atoms with Crippen molar-refractivity contribution in [2.45, 2.75) is 32.9 Å². The molecular formula is C22H25NO4S2. The van der Waals surface area contributed by atoms with E-state index in [1.54, 1.807) is 34.6 Å². The molecule has 0 fully saturated rings. The van der Waals surface area contributed by atoms with Crippen molar-refractivity contribution in [1.29, 1.82) is 0 Å². The summed E-state index contributed by atoms with van der Waals surface area (Å²) < 4.78 is 30.4. The quantitative estimate of drug-likeness (QED) is 0.482. The Labute approximate surface area is 175 Å². The largest absolute Gasteiger partial charge is 0.467 e. The summed E-state index contributed by atoms with van der Waals surface area (Å²) in [5.41, 5.74) is 1.10. The predicted octanol–water partition coefficient (Wildman–Crippen LogP) is 4.23. The predicted molar refractivity (Wildman–Crippen MR) is 115 cm³/mol. The Bertz CT molecular complexity index is 1010. The lowest BCUT2D eigenvalue weighted by Gasteiger charge is -2.21. The molecule has 0 unspecified atom stereocenters. The zero-order valence-electron chi connectivity index (χ0n) is 16.4. The Morgan fingerprint density at radius 1 is 1.03 bits per heavy atom. The van der Waals surface area contributed by atoms with Gasteiger partial charge in [-0.25, -0.2) is 8.42 Å². The van der Waals surface area contributed by atoms with Crippen LogP contribution in [0.15, 0.2) is 65.3 Å². The molecular weight excluding hydrogens is 406 g/mol. The molecule has 1 aromatic carbocycles. The van der Waals surface area contributed by atoms with Gasteiger partial charge in [-0.15, -0.1) is 11.3 Å². The molecule has 29 heavy (non-hydrogen) atoms. The van der Waals surface area contributed by atoms with Gasteiger partial charge in [0, 0.05) is 9.75 Å². The van der Waals surface area contributed by atoms with Crippen molar-refractivity contribution in [2.75, 3.05) is 11.5 Å². The van der Waals surface area contributed by atoms with E-state index in [9.17, 15) is 13.2 Å². The standard InChI is InChI=1S/C22H25NO4S2/c1-18-11-12-21(28-18)16-23(15-20-10-5-13-27-20)22(24)17-29(25,26)14-6-9-19-7-3-2-4-8-19/h2-5,7-8,10-13H,6,9,14-17H2,1H3. The number of sulfone groups is 1. The Morgan fingerprint density at radius 3 is 2.48 bits per heavy atom. The lowest BCUT2D eigenvalue weighted by molar-refractivity contribution is -0.129. The van der Waals surface area contributed by atoms with Gasteiger partial charge >= 0.3 is 0 Å². The number of rotatable bonds is 10. The van der Waals surface area contributed by atoms with Gasteiger partial charge < -0.3 is 9.32 Å². The van der Waals surface area contributed by atoms with Crippen LogP contribution in [0.2, 0.25) is 0 Å². The highest BCUT2D eigenvalue weighted by Crippen LogP contribution is 2.19. The molecule has 0 aliphatic rings. The third-order valence-corrected chi connectivity index (χ3v) is 7.11. The molecule has 154 valence electrons. The smallest absolute Gasteiger partial charge is 0.238 e. The molecule has 3 aromatic rings. The van der Waals surface area contributed by atoms with Crippen LogP contribution in [-0.4, -0.2) is 30.7 Å². The number of thiophene rings is 1. The number of carbonyl (C=O) groups excluding carboxylic acids is 1. The molecule has 0 atom stereocenters. The Balaban J connectivity index is 1.61. The van der Waals surface area contributed by atoms with Crippen molar-refractivity contribution in [3.63, 3.8) is 0 Å². The average Bonchev–Trinajstić information content (AvgIpc) is 3.33. The normalized spacial score (nSPS) is 11.5. The fraction of sp³-hybridized carbons (Fsp3) is 0.318. The van der Waals surface area contributed by atoms with E-state index in [-0.39, 0.29) is 12.3 Å². The molecule has 0 aliphatic carbocycles. The van der Waals surface area contributed by atoms with Crippen molar-refractivity contribution >= 4 is 27.1 Å². The summed E-state index contributed by atoms with van der Waals surface area (Å²) in [6, 6.07) is 17.3. The molecule has 0 saturated carbocycles. The van der Waals surface area contributed by atoms with Gasteiger partial charge in [-0.3, -0.25) is 4.79 Å². The van der Waals surface area contributed by atoms with Crippen molar-refractivity contribution < 1.29 is 17.6 Å². The third kappa shape index (κ3) is 6.87. The van der Waals surface area contributed by atoms with Gasteiger partial charge in [-0.1, -0.05) is 30.3 Å². The molecule has 2 aromatic heterocycles. The van der Waals surface area contributed by atoms with E-state index >= 15 is 0 Å². The minimum Gasteiger partial charge on any atom is -0.467 e. The fourth-order valence-corrected chi connectivity index (χ4v) is 5.27. The fourth-order valence-electron chi connectivity index (χ4n) is 3.07. The van der Waals surface area contributed by atoms with Crippen molar-refractivity contribution in [3.05, 3.63) is 81.9 Å². The van der Waals surface area contributed by atoms with Gasteiger partial charge in [-0.2, -0.15) is 0 Å². The number of nitrogens with zero attached hydrogens (tertiary/aromatic N) is 1. The monoisotopic (exact) mass is 431 g/mol.